The van der Waals surface area contributed by atoms with Crippen LogP contribution in [0.15, 0.2) is 33.9 Å². The molecule has 0 saturated carbocycles. The van der Waals surface area contributed by atoms with Crippen molar-refractivity contribution in [1.82, 2.24) is 5.32 Å². The maximum absolute atomic E-state index is 11.3. The maximum Gasteiger partial charge on any atom is 0.221 e. The number of rotatable bonds is 1. The van der Waals surface area contributed by atoms with Crippen LogP contribution in [0.4, 0.5) is 0 Å². The quantitative estimate of drug-likeness (QED) is 0.613. The molecular formula is C11H11BrN2O2. The second-order valence-electron chi connectivity index (χ2n) is 3.64. The summed E-state index contributed by atoms with van der Waals surface area (Å²) < 4.78 is 0.973. The first kappa shape index (κ1) is 11.1. The molecular weight excluding hydrogens is 272 g/mol. The summed E-state index contributed by atoms with van der Waals surface area (Å²) in [6.45, 7) is 0. The molecule has 0 bridgehead atoms. The summed E-state index contributed by atoms with van der Waals surface area (Å²) in [4.78, 5) is 11.3. The van der Waals surface area contributed by atoms with Crippen molar-refractivity contribution >= 4 is 27.5 Å². The van der Waals surface area contributed by atoms with Gasteiger partial charge in [-0.05, 0) is 17.7 Å². The van der Waals surface area contributed by atoms with E-state index in [1.54, 1.807) is 0 Å². The minimum absolute atomic E-state index is 0.0136. The van der Waals surface area contributed by atoms with Gasteiger partial charge in [0.1, 0.15) is 0 Å². The summed E-state index contributed by atoms with van der Waals surface area (Å²) in [6.07, 6.45) is 0.884. The highest BCUT2D eigenvalue weighted by Crippen LogP contribution is 2.23. The molecule has 16 heavy (non-hydrogen) atoms. The van der Waals surface area contributed by atoms with Crippen LogP contribution >= 0.6 is 15.9 Å². The molecule has 1 heterocycles. The average Bonchev–Trinajstić information content (AvgIpc) is 2.30. The molecule has 1 fully saturated rings. The van der Waals surface area contributed by atoms with Gasteiger partial charge in [-0.2, -0.15) is 0 Å². The molecule has 4 nitrogen and oxygen atoms in total. The number of piperidine rings is 1. The molecule has 1 aliphatic heterocycles. The molecule has 2 rings (SSSR count). The van der Waals surface area contributed by atoms with Gasteiger partial charge in [-0.1, -0.05) is 33.2 Å². The molecule has 2 N–H and O–H groups in total. The fourth-order valence-corrected chi connectivity index (χ4v) is 2.01. The summed E-state index contributed by atoms with van der Waals surface area (Å²) >= 11 is 3.35. The number of hydrogen-bond donors (Lipinski definition) is 2. The third kappa shape index (κ3) is 2.24. The Morgan fingerprint density at radius 3 is 2.62 bits per heavy atom. The Labute approximate surface area is 101 Å². The predicted molar refractivity (Wildman–Crippen MR) is 63.5 cm³/mol. The minimum atomic E-state index is -0.306. The van der Waals surface area contributed by atoms with Crippen molar-refractivity contribution in [2.24, 2.45) is 5.16 Å². The van der Waals surface area contributed by atoms with Crippen LogP contribution in [0, 0.1) is 0 Å². The Bertz CT molecular complexity index is 428. The molecule has 0 aromatic heterocycles. The Balaban J connectivity index is 2.29. The van der Waals surface area contributed by atoms with Crippen LogP contribution in [0.2, 0.25) is 0 Å². The van der Waals surface area contributed by atoms with Crippen LogP contribution in [0.25, 0.3) is 0 Å². The van der Waals surface area contributed by atoms with Crippen LogP contribution in [-0.4, -0.2) is 16.8 Å². The summed E-state index contributed by atoms with van der Waals surface area (Å²) in [5.74, 6) is -0.0136. The van der Waals surface area contributed by atoms with Crippen molar-refractivity contribution in [3.8, 4) is 0 Å². The minimum Gasteiger partial charge on any atom is -0.411 e. The van der Waals surface area contributed by atoms with Crippen LogP contribution in [0.3, 0.4) is 0 Å². The van der Waals surface area contributed by atoms with E-state index in [-0.39, 0.29) is 11.9 Å². The monoisotopic (exact) mass is 282 g/mol. The van der Waals surface area contributed by atoms with E-state index in [0.29, 0.717) is 18.6 Å². The number of carbonyl (C=O) groups is 1. The van der Waals surface area contributed by atoms with Crippen molar-refractivity contribution < 1.29 is 10.0 Å². The highest BCUT2D eigenvalue weighted by atomic mass is 79.9. The second kappa shape index (κ2) is 4.65. The lowest BCUT2D eigenvalue weighted by molar-refractivity contribution is -0.121. The number of carbonyl (C=O) groups excluding carboxylic acids is 1. The predicted octanol–water partition coefficient (Wildman–Crippen LogP) is 2.23. The molecule has 1 aliphatic rings. The molecule has 5 heteroatoms. The summed E-state index contributed by atoms with van der Waals surface area (Å²) in [5, 5.41) is 15.0. The normalized spacial score (nSPS) is 23.2. The van der Waals surface area contributed by atoms with Gasteiger partial charge in [0.05, 0.1) is 11.8 Å². The smallest absolute Gasteiger partial charge is 0.221 e. The van der Waals surface area contributed by atoms with Gasteiger partial charge in [0, 0.05) is 17.3 Å². The lowest BCUT2D eigenvalue weighted by Gasteiger charge is -2.24. The Morgan fingerprint density at radius 1 is 1.31 bits per heavy atom. The summed E-state index contributed by atoms with van der Waals surface area (Å²) in [7, 11) is 0. The molecule has 1 saturated heterocycles. The largest absolute Gasteiger partial charge is 0.411 e. The number of halogens is 1. The first-order valence-corrected chi connectivity index (χ1v) is 5.75. The summed E-state index contributed by atoms with van der Waals surface area (Å²) in [5.41, 5.74) is 1.52. The third-order valence-corrected chi connectivity index (χ3v) is 3.11. The Kier molecular flexibility index (Phi) is 3.24. The molecule has 0 spiro atoms. The molecule has 1 aromatic rings. The van der Waals surface area contributed by atoms with Crippen molar-refractivity contribution in [1.29, 1.82) is 0 Å². The SMILES string of the molecule is O=C1CCC(=NO)C(c2ccc(Br)cc2)N1. The fraction of sp³-hybridized carbons (Fsp3) is 0.273. The van der Waals surface area contributed by atoms with Gasteiger partial charge in [0.15, 0.2) is 0 Å². The number of oxime groups is 1. The van der Waals surface area contributed by atoms with Crippen LogP contribution in [0.5, 0.6) is 0 Å². The fourth-order valence-electron chi connectivity index (χ4n) is 1.74. The molecule has 1 unspecified atom stereocenters. The molecule has 1 aromatic carbocycles. The van der Waals surface area contributed by atoms with Gasteiger partial charge < -0.3 is 10.5 Å². The molecule has 84 valence electrons. The van der Waals surface area contributed by atoms with E-state index in [4.69, 9.17) is 5.21 Å². The third-order valence-electron chi connectivity index (χ3n) is 2.58. The molecule has 0 radical (unpaired) electrons. The molecule has 0 aliphatic carbocycles. The lowest BCUT2D eigenvalue weighted by atomic mass is 9.95. The zero-order chi connectivity index (χ0) is 11.5. The molecule has 1 amide bonds. The first-order chi connectivity index (χ1) is 7.70. The van der Waals surface area contributed by atoms with Gasteiger partial charge in [0.2, 0.25) is 5.91 Å². The Morgan fingerprint density at radius 2 is 2.00 bits per heavy atom. The van der Waals surface area contributed by atoms with E-state index in [0.717, 1.165) is 10.0 Å². The van der Waals surface area contributed by atoms with Crippen LogP contribution < -0.4 is 5.32 Å². The zero-order valence-electron chi connectivity index (χ0n) is 8.48. The topological polar surface area (TPSA) is 61.7 Å². The zero-order valence-corrected chi connectivity index (χ0v) is 10.1. The van der Waals surface area contributed by atoms with Crippen molar-refractivity contribution in [2.75, 3.05) is 0 Å². The van der Waals surface area contributed by atoms with Crippen LogP contribution in [0.1, 0.15) is 24.4 Å². The van der Waals surface area contributed by atoms with E-state index in [1.165, 1.54) is 0 Å². The van der Waals surface area contributed by atoms with Gasteiger partial charge in [-0.25, -0.2) is 0 Å². The van der Waals surface area contributed by atoms with E-state index in [1.807, 2.05) is 24.3 Å². The number of nitrogens with one attached hydrogen (secondary N) is 1. The second-order valence-corrected chi connectivity index (χ2v) is 4.56. The van der Waals surface area contributed by atoms with Gasteiger partial charge in [-0.15, -0.1) is 0 Å². The number of hydrogen-bond acceptors (Lipinski definition) is 3. The number of amides is 1. The number of benzene rings is 1. The van der Waals surface area contributed by atoms with Crippen LogP contribution in [-0.2, 0) is 4.79 Å². The highest BCUT2D eigenvalue weighted by molar-refractivity contribution is 9.10. The lowest BCUT2D eigenvalue weighted by Crippen LogP contribution is -2.38. The highest BCUT2D eigenvalue weighted by Gasteiger charge is 2.26. The summed E-state index contributed by atoms with van der Waals surface area (Å²) in [6, 6.07) is 7.27. The molecule has 1 atom stereocenters. The maximum atomic E-state index is 11.3. The van der Waals surface area contributed by atoms with Gasteiger partial charge in [-0.3, -0.25) is 4.79 Å². The van der Waals surface area contributed by atoms with Gasteiger partial charge in [0.25, 0.3) is 0 Å². The van der Waals surface area contributed by atoms with E-state index in [9.17, 15) is 4.79 Å². The average molecular weight is 283 g/mol. The van der Waals surface area contributed by atoms with Crippen molar-refractivity contribution in [3.63, 3.8) is 0 Å². The first-order valence-electron chi connectivity index (χ1n) is 4.96. The van der Waals surface area contributed by atoms with E-state index < -0.39 is 0 Å². The van der Waals surface area contributed by atoms with E-state index >= 15 is 0 Å². The van der Waals surface area contributed by atoms with E-state index in [2.05, 4.69) is 26.4 Å². The standard InChI is InChI=1S/C11H11BrN2O2/c12-8-3-1-7(2-4-8)11-9(14-16)5-6-10(15)13-11/h1-4,11,16H,5-6H2,(H,13,15). The number of nitrogens with zero attached hydrogens (tertiary/aromatic N) is 1. The van der Waals surface area contributed by atoms with Crippen molar-refractivity contribution in [2.45, 2.75) is 18.9 Å². The van der Waals surface area contributed by atoms with Gasteiger partial charge >= 0.3 is 0 Å². The Hall–Kier alpha value is -1.36. The van der Waals surface area contributed by atoms with Crippen molar-refractivity contribution in [3.05, 3.63) is 34.3 Å².